The van der Waals surface area contributed by atoms with Gasteiger partial charge in [0.1, 0.15) is 17.2 Å². The SMILES string of the molecule is CC(C)N(C)c1cc2c(c(N3CCN(C(=O)OC(C)(C)C)CC3)n1)CNC2=O. The summed E-state index contributed by atoms with van der Waals surface area (Å²) >= 11 is 0. The minimum Gasteiger partial charge on any atom is -0.444 e. The molecule has 1 N–H and O–H groups in total. The van der Waals surface area contributed by atoms with Gasteiger partial charge in [0.15, 0.2) is 0 Å². The van der Waals surface area contributed by atoms with Crippen molar-refractivity contribution < 1.29 is 14.3 Å². The lowest BCUT2D eigenvalue weighted by Crippen LogP contribution is -2.50. The molecule has 0 aromatic carbocycles. The first-order chi connectivity index (χ1) is 13.1. The Labute approximate surface area is 166 Å². The number of hydrogen-bond donors (Lipinski definition) is 1. The molecule has 3 heterocycles. The number of nitrogens with zero attached hydrogens (tertiary/aromatic N) is 4. The highest BCUT2D eigenvalue weighted by Crippen LogP contribution is 2.31. The number of pyridine rings is 1. The number of rotatable bonds is 3. The highest BCUT2D eigenvalue weighted by atomic mass is 16.6. The highest BCUT2D eigenvalue weighted by molar-refractivity contribution is 6.00. The summed E-state index contributed by atoms with van der Waals surface area (Å²) in [6.07, 6.45) is -0.282. The summed E-state index contributed by atoms with van der Waals surface area (Å²) in [5, 5.41) is 2.90. The zero-order valence-corrected chi connectivity index (χ0v) is 17.7. The summed E-state index contributed by atoms with van der Waals surface area (Å²) in [5.74, 6) is 1.57. The van der Waals surface area contributed by atoms with Gasteiger partial charge in [0.2, 0.25) is 0 Å². The molecule has 0 saturated carbocycles. The maximum atomic E-state index is 12.3. The summed E-state index contributed by atoms with van der Waals surface area (Å²) in [6, 6.07) is 2.14. The van der Waals surface area contributed by atoms with Crippen LogP contribution in [0, 0.1) is 0 Å². The predicted molar refractivity (Wildman–Crippen MR) is 109 cm³/mol. The average Bonchev–Trinajstić information content (AvgIpc) is 3.00. The van der Waals surface area contributed by atoms with Crippen LogP contribution < -0.4 is 15.1 Å². The van der Waals surface area contributed by atoms with Crippen LogP contribution in [-0.4, -0.2) is 66.8 Å². The number of hydrogen-bond acceptors (Lipinski definition) is 6. The Balaban J connectivity index is 1.80. The molecule has 2 amide bonds. The fraction of sp³-hybridized carbons (Fsp3) is 0.650. The normalized spacial score (nSPS) is 16.9. The third kappa shape index (κ3) is 4.15. The standard InChI is InChI=1S/C20H31N5O3/c1-13(2)23(6)16-11-14-15(12-21-18(14)26)17(22-16)24-7-9-25(10-8-24)19(27)28-20(3,4)5/h11,13H,7-10,12H2,1-6H3,(H,21,26). The van der Waals surface area contributed by atoms with Gasteiger partial charge in [-0.15, -0.1) is 0 Å². The Morgan fingerprint density at radius 3 is 2.46 bits per heavy atom. The minimum absolute atomic E-state index is 0.0514. The number of ether oxygens (including phenoxy) is 1. The molecule has 0 bridgehead atoms. The third-order valence-corrected chi connectivity index (χ3v) is 5.13. The Kier molecular flexibility index (Phi) is 5.41. The van der Waals surface area contributed by atoms with Crippen molar-refractivity contribution in [2.24, 2.45) is 0 Å². The van der Waals surface area contributed by atoms with Crippen molar-refractivity contribution in [1.82, 2.24) is 15.2 Å². The van der Waals surface area contributed by atoms with E-state index in [-0.39, 0.29) is 18.0 Å². The van der Waals surface area contributed by atoms with Gasteiger partial charge in [-0.1, -0.05) is 0 Å². The molecular weight excluding hydrogens is 358 g/mol. The van der Waals surface area contributed by atoms with Crippen molar-refractivity contribution in [2.75, 3.05) is 43.0 Å². The van der Waals surface area contributed by atoms with E-state index in [0.29, 0.717) is 38.3 Å². The number of anilines is 2. The predicted octanol–water partition coefficient (Wildman–Crippen LogP) is 2.23. The smallest absolute Gasteiger partial charge is 0.410 e. The van der Waals surface area contributed by atoms with E-state index in [1.165, 1.54) is 0 Å². The first kappa shape index (κ1) is 20.2. The van der Waals surface area contributed by atoms with Crippen LogP contribution in [-0.2, 0) is 11.3 Å². The van der Waals surface area contributed by atoms with Crippen LogP contribution in [0.4, 0.5) is 16.4 Å². The molecule has 0 unspecified atom stereocenters. The molecule has 8 nitrogen and oxygen atoms in total. The van der Waals surface area contributed by atoms with Gasteiger partial charge in [-0.05, 0) is 40.7 Å². The van der Waals surface area contributed by atoms with Crippen LogP contribution in [0.1, 0.15) is 50.5 Å². The lowest BCUT2D eigenvalue weighted by atomic mass is 10.1. The van der Waals surface area contributed by atoms with Gasteiger partial charge in [-0.25, -0.2) is 9.78 Å². The molecule has 1 fully saturated rings. The number of carbonyl (C=O) groups is 2. The molecule has 8 heteroatoms. The molecule has 0 atom stereocenters. The summed E-state index contributed by atoms with van der Waals surface area (Å²) < 4.78 is 5.47. The summed E-state index contributed by atoms with van der Waals surface area (Å²) in [6.45, 7) is 12.7. The number of nitrogens with one attached hydrogen (secondary N) is 1. The Hall–Kier alpha value is -2.51. The molecule has 1 saturated heterocycles. The van der Waals surface area contributed by atoms with Crippen molar-refractivity contribution in [3.8, 4) is 0 Å². The second-order valence-corrected chi connectivity index (χ2v) is 8.67. The van der Waals surface area contributed by atoms with Gasteiger partial charge >= 0.3 is 6.09 Å². The fourth-order valence-electron chi connectivity index (χ4n) is 3.32. The van der Waals surface area contributed by atoms with Gasteiger partial charge in [-0.2, -0.15) is 0 Å². The number of fused-ring (bicyclic) bond motifs is 1. The topological polar surface area (TPSA) is 78.0 Å². The molecule has 28 heavy (non-hydrogen) atoms. The molecule has 0 spiro atoms. The van der Waals surface area contributed by atoms with Crippen LogP contribution in [0.2, 0.25) is 0 Å². The highest BCUT2D eigenvalue weighted by Gasteiger charge is 2.31. The van der Waals surface area contributed by atoms with Crippen LogP contribution in [0.25, 0.3) is 0 Å². The van der Waals surface area contributed by atoms with Crippen LogP contribution in [0.3, 0.4) is 0 Å². The molecule has 1 aromatic rings. The lowest BCUT2D eigenvalue weighted by Gasteiger charge is -2.37. The van der Waals surface area contributed by atoms with Gasteiger partial charge in [-0.3, -0.25) is 4.79 Å². The quantitative estimate of drug-likeness (QED) is 0.854. The second-order valence-electron chi connectivity index (χ2n) is 8.67. The monoisotopic (exact) mass is 389 g/mol. The van der Waals surface area contributed by atoms with E-state index in [4.69, 9.17) is 9.72 Å². The van der Waals surface area contributed by atoms with Gasteiger partial charge < -0.3 is 24.8 Å². The van der Waals surface area contributed by atoms with Gasteiger partial charge in [0.05, 0.1) is 5.56 Å². The molecule has 1 aromatic heterocycles. The third-order valence-electron chi connectivity index (χ3n) is 5.13. The van der Waals surface area contributed by atoms with E-state index < -0.39 is 5.60 Å². The molecule has 0 aliphatic carbocycles. The molecule has 2 aliphatic heterocycles. The Bertz CT molecular complexity index is 764. The zero-order chi connectivity index (χ0) is 20.6. The van der Waals surface area contributed by atoms with Crippen molar-refractivity contribution >= 4 is 23.6 Å². The van der Waals surface area contributed by atoms with E-state index in [0.717, 1.165) is 17.2 Å². The molecule has 3 rings (SSSR count). The largest absolute Gasteiger partial charge is 0.444 e. The van der Waals surface area contributed by atoms with E-state index in [2.05, 4.69) is 29.0 Å². The number of aromatic nitrogens is 1. The van der Waals surface area contributed by atoms with E-state index >= 15 is 0 Å². The van der Waals surface area contributed by atoms with Gasteiger partial charge in [0.25, 0.3) is 5.91 Å². The zero-order valence-electron chi connectivity index (χ0n) is 17.7. The lowest BCUT2D eigenvalue weighted by molar-refractivity contribution is 0.0240. The Morgan fingerprint density at radius 2 is 1.89 bits per heavy atom. The van der Waals surface area contributed by atoms with E-state index in [1.807, 2.05) is 33.9 Å². The first-order valence-electron chi connectivity index (χ1n) is 9.84. The first-order valence-corrected chi connectivity index (χ1v) is 9.84. The summed E-state index contributed by atoms with van der Waals surface area (Å²) in [5.41, 5.74) is 1.14. The van der Waals surface area contributed by atoms with E-state index in [9.17, 15) is 9.59 Å². The number of piperazine rings is 1. The van der Waals surface area contributed by atoms with Crippen molar-refractivity contribution in [3.63, 3.8) is 0 Å². The average molecular weight is 390 g/mol. The fourth-order valence-corrected chi connectivity index (χ4v) is 3.32. The molecular formula is C20H31N5O3. The summed E-state index contributed by atoms with van der Waals surface area (Å²) in [4.78, 5) is 35.4. The van der Waals surface area contributed by atoms with Crippen LogP contribution >= 0.6 is 0 Å². The van der Waals surface area contributed by atoms with E-state index in [1.54, 1.807) is 4.90 Å². The van der Waals surface area contributed by atoms with Crippen LogP contribution in [0.15, 0.2) is 6.07 Å². The second kappa shape index (κ2) is 7.48. The summed E-state index contributed by atoms with van der Waals surface area (Å²) in [7, 11) is 1.98. The minimum atomic E-state index is -0.502. The van der Waals surface area contributed by atoms with Crippen molar-refractivity contribution in [1.29, 1.82) is 0 Å². The maximum Gasteiger partial charge on any atom is 0.410 e. The Morgan fingerprint density at radius 1 is 1.25 bits per heavy atom. The van der Waals surface area contributed by atoms with Gasteiger partial charge in [0, 0.05) is 51.4 Å². The van der Waals surface area contributed by atoms with Crippen molar-refractivity contribution in [3.05, 3.63) is 17.2 Å². The molecule has 154 valence electrons. The molecule has 2 aliphatic rings. The molecule has 0 radical (unpaired) electrons. The van der Waals surface area contributed by atoms with Crippen LogP contribution in [0.5, 0.6) is 0 Å². The number of carbonyl (C=O) groups excluding carboxylic acids is 2. The van der Waals surface area contributed by atoms with Crippen molar-refractivity contribution in [2.45, 2.75) is 52.8 Å². The maximum absolute atomic E-state index is 12.3. The number of amides is 2.